The lowest BCUT2D eigenvalue weighted by Gasteiger charge is -2.26. The molecule has 2 rings (SSSR count). The third-order valence-corrected chi connectivity index (χ3v) is 4.16. The fourth-order valence-electron chi connectivity index (χ4n) is 2.08. The van der Waals surface area contributed by atoms with Crippen LogP contribution in [-0.4, -0.2) is 41.1 Å². The number of amides is 1. The third kappa shape index (κ3) is 2.76. The van der Waals surface area contributed by atoms with Crippen LogP contribution in [0.1, 0.15) is 35.3 Å². The van der Waals surface area contributed by atoms with E-state index in [4.69, 9.17) is 4.74 Å². The molecule has 7 heteroatoms. The average molecular weight is 284 g/mol. The van der Waals surface area contributed by atoms with Gasteiger partial charge in [0.2, 0.25) is 0 Å². The minimum atomic E-state index is -1.06. The zero-order valence-corrected chi connectivity index (χ0v) is 11.7. The quantitative estimate of drug-likeness (QED) is 0.913. The van der Waals surface area contributed by atoms with Gasteiger partial charge in [0, 0.05) is 13.7 Å². The largest absolute Gasteiger partial charge is 0.478 e. The van der Waals surface area contributed by atoms with Crippen LogP contribution in [-0.2, 0) is 9.53 Å². The first-order valence-electron chi connectivity index (χ1n) is 6.11. The van der Waals surface area contributed by atoms with Crippen molar-refractivity contribution in [2.24, 2.45) is 0 Å². The first-order valence-corrected chi connectivity index (χ1v) is 6.88. The maximum Gasteiger partial charge on any atom is 0.340 e. The van der Waals surface area contributed by atoms with E-state index in [-0.39, 0.29) is 11.5 Å². The molecule has 1 aliphatic rings. The second kappa shape index (κ2) is 5.66. The fourth-order valence-corrected chi connectivity index (χ4v) is 2.94. The molecule has 1 N–H and O–H groups in total. The number of carboxylic acids is 1. The number of hydrogen-bond donors (Lipinski definition) is 1. The zero-order valence-electron chi connectivity index (χ0n) is 10.9. The van der Waals surface area contributed by atoms with Crippen LogP contribution in [0.2, 0.25) is 0 Å². The number of carbonyl (C=O) groups is 2. The summed E-state index contributed by atoms with van der Waals surface area (Å²) in [4.78, 5) is 24.8. The second-order valence-electron chi connectivity index (χ2n) is 4.51. The lowest BCUT2D eigenvalue weighted by molar-refractivity contribution is -0.132. The molecule has 1 fully saturated rings. The van der Waals surface area contributed by atoms with Gasteiger partial charge in [0.05, 0.1) is 5.69 Å². The van der Waals surface area contributed by atoms with Gasteiger partial charge in [0.25, 0.3) is 5.91 Å². The molecule has 0 bridgehead atoms. The van der Waals surface area contributed by atoms with Crippen molar-refractivity contribution < 1.29 is 19.4 Å². The summed E-state index contributed by atoms with van der Waals surface area (Å²) >= 11 is 1.02. The average Bonchev–Trinajstić information content (AvgIpc) is 2.80. The van der Waals surface area contributed by atoms with Crippen LogP contribution in [0.15, 0.2) is 0 Å². The normalized spacial score (nSPS) is 19.2. The Labute approximate surface area is 115 Å². The zero-order chi connectivity index (χ0) is 14.0. The summed E-state index contributed by atoms with van der Waals surface area (Å²) in [6, 6.07) is 0. The Kier molecular flexibility index (Phi) is 4.16. The van der Waals surface area contributed by atoms with Gasteiger partial charge in [-0.3, -0.25) is 4.79 Å². The molecule has 2 heterocycles. The van der Waals surface area contributed by atoms with Crippen molar-refractivity contribution in [3.8, 4) is 0 Å². The Morgan fingerprint density at radius 2 is 2.21 bits per heavy atom. The second-order valence-corrected chi connectivity index (χ2v) is 5.26. The van der Waals surface area contributed by atoms with Crippen molar-refractivity contribution in [2.75, 3.05) is 18.6 Å². The number of anilines is 1. The highest BCUT2D eigenvalue weighted by Crippen LogP contribution is 2.29. The number of likely N-dealkylation sites (N-methyl/N-ethyl adjacent to an activating group) is 1. The molecule has 0 aromatic carbocycles. The van der Waals surface area contributed by atoms with E-state index in [2.05, 4.69) is 4.37 Å². The molecular formula is C12H16N2O4S. The van der Waals surface area contributed by atoms with Gasteiger partial charge >= 0.3 is 5.97 Å². The maximum absolute atomic E-state index is 12.3. The van der Waals surface area contributed by atoms with Crippen LogP contribution in [0.25, 0.3) is 0 Å². The summed E-state index contributed by atoms with van der Waals surface area (Å²) in [5, 5.41) is 9.54. The van der Waals surface area contributed by atoms with E-state index in [1.165, 1.54) is 4.90 Å². The SMILES string of the molecule is Cc1nsc(N(C)C(=O)C2CCCCO2)c1C(=O)O. The van der Waals surface area contributed by atoms with Gasteiger partial charge in [-0.25, -0.2) is 4.79 Å². The Bertz CT molecular complexity index is 494. The molecule has 1 aromatic rings. The summed E-state index contributed by atoms with van der Waals surface area (Å²) in [6.45, 7) is 2.20. The molecule has 6 nitrogen and oxygen atoms in total. The van der Waals surface area contributed by atoms with Crippen LogP contribution >= 0.6 is 11.5 Å². The van der Waals surface area contributed by atoms with Crippen molar-refractivity contribution >= 4 is 28.4 Å². The number of rotatable bonds is 3. The van der Waals surface area contributed by atoms with Gasteiger partial charge < -0.3 is 14.7 Å². The first kappa shape index (κ1) is 14.0. The topological polar surface area (TPSA) is 79.7 Å². The molecule has 1 saturated heterocycles. The maximum atomic E-state index is 12.3. The number of aromatic nitrogens is 1. The van der Waals surface area contributed by atoms with Gasteiger partial charge in [-0.2, -0.15) is 4.37 Å². The molecular weight excluding hydrogens is 268 g/mol. The van der Waals surface area contributed by atoms with Crippen LogP contribution in [0, 0.1) is 6.92 Å². The highest BCUT2D eigenvalue weighted by molar-refractivity contribution is 7.11. The highest BCUT2D eigenvalue weighted by Gasteiger charge is 2.30. The molecule has 0 aliphatic carbocycles. The molecule has 1 aliphatic heterocycles. The molecule has 0 spiro atoms. The number of aryl methyl sites for hydroxylation is 1. The number of carboxylic acid groups (broad SMARTS) is 1. The predicted molar refractivity (Wildman–Crippen MR) is 70.8 cm³/mol. The Balaban J connectivity index is 2.21. The number of hydrogen-bond acceptors (Lipinski definition) is 5. The molecule has 104 valence electrons. The number of carbonyl (C=O) groups excluding carboxylic acids is 1. The molecule has 19 heavy (non-hydrogen) atoms. The van der Waals surface area contributed by atoms with E-state index in [9.17, 15) is 14.7 Å². The van der Waals surface area contributed by atoms with E-state index in [1.807, 2.05) is 0 Å². The highest BCUT2D eigenvalue weighted by atomic mass is 32.1. The monoisotopic (exact) mass is 284 g/mol. The summed E-state index contributed by atoms with van der Waals surface area (Å²) in [6.07, 6.45) is 2.14. The lowest BCUT2D eigenvalue weighted by Crippen LogP contribution is -2.40. The Morgan fingerprint density at radius 1 is 1.47 bits per heavy atom. The number of aromatic carboxylic acids is 1. The Hall–Kier alpha value is -1.47. The first-order chi connectivity index (χ1) is 9.02. The van der Waals surface area contributed by atoms with Crippen molar-refractivity contribution in [3.05, 3.63) is 11.3 Å². The van der Waals surface area contributed by atoms with E-state index in [1.54, 1.807) is 14.0 Å². The van der Waals surface area contributed by atoms with Crippen molar-refractivity contribution in [3.63, 3.8) is 0 Å². The fraction of sp³-hybridized carbons (Fsp3) is 0.583. The molecule has 1 unspecified atom stereocenters. The third-order valence-electron chi connectivity index (χ3n) is 3.15. The lowest BCUT2D eigenvalue weighted by atomic mass is 10.1. The molecule has 1 amide bonds. The van der Waals surface area contributed by atoms with E-state index in [0.717, 1.165) is 24.4 Å². The summed E-state index contributed by atoms with van der Waals surface area (Å²) < 4.78 is 9.45. The van der Waals surface area contributed by atoms with Gasteiger partial charge in [-0.15, -0.1) is 0 Å². The van der Waals surface area contributed by atoms with Gasteiger partial charge in [-0.1, -0.05) is 0 Å². The van der Waals surface area contributed by atoms with Gasteiger partial charge in [0.1, 0.15) is 16.7 Å². The molecule has 1 aromatic heterocycles. The predicted octanol–water partition coefficient (Wildman–Crippen LogP) is 1.68. The van der Waals surface area contributed by atoms with Crippen LogP contribution in [0.5, 0.6) is 0 Å². The molecule has 0 saturated carbocycles. The molecule has 0 radical (unpaired) electrons. The summed E-state index contributed by atoms with van der Waals surface area (Å²) in [7, 11) is 1.57. The minimum absolute atomic E-state index is 0.0941. The van der Waals surface area contributed by atoms with Crippen LogP contribution < -0.4 is 4.90 Å². The number of nitrogens with zero attached hydrogens (tertiary/aromatic N) is 2. The standard InChI is InChI=1S/C12H16N2O4S/c1-7-9(12(16)17)11(19-13-7)14(2)10(15)8-5-3-4-6-18-8/h8H,3-6H2,1-2H3,(H,16,17). The Morgan fingerprint density at radius 3 is 2.79 bits per heavy atom. The minimum Gasteiger partial charge on any atom is -0.478 e. The summed E-state index contributed by atoms with van der Waals surface area (Å²) in [5.41, 5.74) is 0.522. The van der Waals surface area contributed by atoms with Gasteiger partial charge in [-0.05, 0) is 37.7 Å². The van der Waals surface area contributed by atoms with Crippen molar-refractivity contribution in [2.45, 2.75) is 32.3 Å². The van der Waals surface area contributed by atoms with Crippen LogP contribution in [0.4, 0.5) is 5.00 Å². The smallest absolute Gasteiger partial charge is 0.340 e. The summed E-state index contributed by atoms with van der Waals surface area (Å²) in [5.74, 6) is -1.27. The van der Waals surface area contributed by atoms with Gasteiger partial charge in [0.15, 0.2) is 0 Å². The van der Waals surface area contributed by atoms with E-state index < -0.39 is 12.1 Å². The van der Waals surface area contributed by atoms with E-state index in [0.29, 0.717) is 23.7 Å². The number of ether oxygens (including phenoxy) is 1. The van der Waals surface area contributed by atoms with Crippen molar-refractivity contribution in [1.82, 2.24) is 4.37 Å². The van der Waals surface area contributed by atoms with Crippen molar-refractivity contribution in [1.29, 1.82) is 0 Å². The van der Waals surface area contributed by atoms with E-state index >= 15 is 0 Å². The molecule has 1 atom stereocenters. The van der Waals surface area contributed by atoms with Crippen LogP contribution in [0.3, 0.4) is 0 Å².